The molecule has 0 aliphatic carbocycles. The summed E-state index contributed by atoms with van der Waals surface area (Å²) in [6.45, 7) is 12.0. The summed E-state index contributed by atoms with van der Waals surface area (Å²) in [6, 6.07) is 0.825. The summed E-state index contributed by atoms with van der Waals surface area (Å²) >= 11 is 0. The highest BCUT2D eigenvalue weighted by Gasteiger charge is 2.25. The number of quaternary nitrogens is 1. The minimum Gasteiger partial charge on any atom is -0.324 e. The molecule has 80 valence electrons. The topological polar surface area (TPSA) is 0 Å². The third-order valence-corrected chi connectivity index (χ3v) is 3.41. The molecule has 13 heavy (non-hydrogen) atoms. The van der Waals surface area contributed by atoms with Gasteiger partial charge >= 0.3 is 0 Å². The van der Waals surface area contributed by atoms with Crippen LogP contribution in [0.25, 0.3) is 0 Å². The Bertz CT molecular complexity index is 122. The molecule has 0 heterocycles. The van der Waals surface area contributed by atoms with Crippen LogP contribution in [0, 0.1) is 0 Å². The van der Waals surface area contributed by atoms with E-state index in [1.54, 1.807) is 0 Å². The monoisotopic (exact) mass is 186 g/mol. The van der Waals surface area contributed by atoms with E-state index >= 15 is 0 Å². The van der Waals surface area contributed by atoms with Gasteiger partial charge in [0.15, 0.2) is 0 Å². The van der Waals surface area contributed by atoms with Crippen molar-refractivity contribution in [3.05, 3.63) is 0 Å². The first-order valence-electron chi connectivity index (χ1n) is 5.94. The summed E-state index contributed by atoms with van der Waals surface area (Å²) in [5, 5.41) is 0. The van der Waals surface area contributed by atoms with E-state index in [0.29, 0.717) is 0 Å². The lowest BCUT2D eigenvalue weighted by atomic mass is 10.1. The molecule has 0 saturated carbocycles. The molecule has 1 heteroatoms. The number of hydrogen-bond donors (Lipinski definition) is 0. The van der Waals surface area contributed by atoms with Gasteiger partial charge in [-0.3, -0.25) is 0 Å². The van der Waals surface area contributed by atoms with E-state index in [1.807, 2.05) is 0 Å². The molecule has 0 bridgehead atoms. The van der Waals surface area contributed by atoms with E-state index in [1.165, 1.54) is 43.3 Å². The number of nitrogens with zero attached hydrogens (tertiary/aromatic N) is 1. The van der Waals surface area contributed by atoms with Crippen molar-refractivity contribution in [3.8, 4) is 0 Å². The molecule has 0 aliphatic rings. The predicted octanol–water partition coefficient (Wildman–Crippen LogP) is 3.44. The van der Waals surface area contributed by atoms with Crippen LogP contribution in [0.3, 0.4) is 0 Å². The molecule has 0 aromatic carbocycles. The second-order valence-electron chi connectivity index (χ2n) is 4.54. The molecule has 0 rings (SSSR count). The summed E-state index contributed by atoms with van der Waals surface area (Å²) in [5.41, 5.74) is 0. The number of rotatable bonds is 7. The molecule has 0 radical (unpaired) electrons. The van der Waals surface area contributed by atoms with E-state index in [-0.39, 0.29) is 0 Å². The third kappa shape index (κ3) is 4.12. The van der Waals surface area contributed by atoms with Gasteiger partial charge in [0.05, 0.1) is 26.2 Å². The van der Waals surface area contributed by atoms with Gasteiger partial charge in [-0.15, -0.1) is 0 Å². The average Bonchev–Trinajstić information content (AvgIpc) is 2.14. The van der Waals surface area contributed by atoms with E-state index in [2.05, 4.69) is 34.7 Å². The minimum atomic E-state index is 0.825. The molecule has 2 unspecified atom stereocenters. The summed E-state index contributed by atoms with van der Waals surface area (Å²) in [5.74, 6) is 0. The molecule has 2 atom stereocenters. The van der Waals surface area contributed by atoms with Crippen LogP contribution in [0.1, 0.15) is 53.4 Å². The van der Waals surface area contributed by atoms with Gasteiger partial charge in [-0.1, -0.05) is 27.2 Å². The molecular formula is C12H28N+. The largest absolute Gasteiger partial charge is 0.324 e. The molecule has 0 aromatic heterocycles. The Morgan fingerprint density at radius 2 is 1.62 bits per heavy atom. The normalized spacial score (nSPS) is 18.2. The Labute approximate surface area is 84.7 Å². The quantitative estimate of drug-likeness (QED) is 0.534. The first kappa shape index (κ1) is 13.0. The number of unbranched alkanes of at least 4 members (excludes halogenated alkanes) is 1. The molecular weight excluding hydrogens is 158 g/mol. The van der Waals surface area contributed by atoms with Gasteiger partial charge in [0, 0.05) is 0 Å². The van der Waals surface area contributed by atoms with E-state index < -0.39 is 0 Å². The Kier molecular flexibility index (Phi) is 6.40. The molecule has 0 saturated heterocycles. The van der Waals surface area contributed by atoms with Crippen LogP contribution in [-0.4, -0.2) is 30.7 Å². The van der Waals surface area contributed by atoms with Crippen molar-refractivity contribution in [1.82, 2.24) is 0 Å². The molecule has 0 fully saturated rings. The second kappa shape index (κ2) is 6.42. The van der Waals surface area contributed by atoms with E-state index in [0.717, 1.165) is 6.04 Å². The van der Waals surface area contributed by atoms with Crippen LogP contribution in [0.15, 0.2) is 0 Å². The standard InChI is InChI=1S/C12H28N/c1-6-9-11-13(5,10-7-2)12(4)8-3/h12H,6-11H2,1-5H3/q+1. The van der Waals surface area contributed by atoms with Gasteiger partial charge in [0.2, 0.25) is 0 Å². The lowest BCUT2D eigenvalue weighted by Crippen LogP contribution is -2.51. The Morgan fingerprint density at radius 3 is 2.00 bits per heavy atom. The van der Waals surface area contributed by atoms with E-state index in [9.17, 15) is 0 Å². The fourth-order valence-electron chi connectivity index (χ4n) is 2.02. The predicted molar refractivity (Wildman–Crippen MR) is 60.9 cm³/mol. The molecule has 0 aromatic rings. The Hall–Kier alpha value is -0.0400. The number of hydrogen-bond acceptors (Lipinski definition) is 0. The highest BCUT2D eigenvalue weighted by atomic mass is 15.3. The molecule has 0 N–H and O–H groups in total. The zero-order valence-corrected chi connectivity index (χ0v) is 10.3. The van der Waals surface area contributed by atoms with Crippen molar-refractivity contribution in [3.63, 3.8) is 0 Å². The lowest BCUT2D eigenvalue weighted by Gasteiger charge is -2.40. The van der Waals surface area contributed by atoms with Gasteiger partial charge < -0.3 is 4.48 Å². The fraction of sp³-hybridized carbons (Fsp3) is 1.00. The maximum Gasteiger partial charge on any atom is 0.0857 e. The zero-order valence-electron chi connectivity index (χ0n) is 10.3. The average molecular weight is 186 g/mol. The zero-order chi connectivity index (χ0) is 10.3. The van der Waals surface area contributed by atoms with Gasteiger partial charge in [0.1, 0.15) is 0 Å². The van der Waals surface area contributed by atoms with Crippen LogP contribution in [0.5, 0.6) is 0 Å². The molecule has 0 aliphatic heterocycles. The van der Waals surface area contributed by atoms with Crippen LogP contribution < -0.4 is 0 Å². The second-order valence-corrected chi connectivity index (χ2v) is 4.54. The van der Waals surface area contributed by atoms with Gasteiger partial charge in [-0.2, -0.15) is 0 Å². The summed E-state index contributed by atoms with van der Waals surface area (Å²) in [7, 11) is 2.42. The van der Waals surface area contributed by atoms with Crippen molar-refractivity contribution in [2.45, 2.75) is 59.4 Å². The fourth-order valence-corrected chi connectivity index (χ4v) is 2.02. The van der Waals surface area contributed by atoms with Crippen LogP contribution >= 0.6 is 0 Å². The first-order chi connectivity index (χ1) is 6.10. The van der Waals surface area contributed by atoms with Crippen molar-refractivity contribution in [1.29, 1.82) is 0 Å². The van der Waals surface area contributed by atoms with Crippen LogP contribution in [0.2, 0.25) is 0 Å². The maximum atomic E-state index is 2.42. The van der Waals surface area contributed by atoms with Gasteiger partial charge in [-0.05, 0) is 26.2 Å². The first-order valence-corrected chi connectivity index (χ1v) is 5.94. The van der Waals surface area contributed by atoms with Crippen molar-refractivity contribution >= 4 is 0 Å². The van der Waals surface area contributed by atoms with Crippen molar-refractivity contribution < 1.29 is 4.48 Å². The highest BCUT2D eigenvalue weighted by Crippen LogP contribution is 2.15. The van der Waals surface area contributed by atoms with Crippen LogP contribution in [0.4, 0.5) is 0 Å². The maximum absolute atomic E-state index is 2.42. The Balaban J connectivity index is 4.14. The highest BCUT2D eigenvalue weighted by molar-refractivity contribution is 4.50. The SMILES string of the molecule is CCCC[N+](C)(CCC)C(C)CC. The summed E-state index contributed by atoms with van der Waals surface area (Å²) in [6.07, 6.45) is 5.32. The third-order valence-electron chi connectivity index (χ3n) is 3.41. The van der Waals surface area contributed by atoms with Gasteiger partial charge in [0.25, 0.3) is 0 Å². The molecule has 0 amide bonds. The summed E-state index contributed by atoms with van der Waals surface area (Å²) in [4.78, 5) is 0. The van der Waals surface area contributed by atoms with Gasteiger partial charge in [-0.25, -0.2) is 0 Å². The smallest absolute Gasteiger partial charge is 0.0857 e. The molecule has 0 spiro atoms. The van der Waals surface area contributed by atoms with Crippen molar-refractivity contribution in [2.24, 2.45) is 0 Å². The van der Waals surface area contributed by atoms with E-state index in [4.69, 9.17) is 0 Å². The minimum absolute atomic E-state index is 0.825. The lowest BCUT2D eigenvalue weighted by molar-refractivity contribution is -0.932. The van der Waals surface area contributed by atoms with Crippen molar-refractivity contribution in [2.75, 3.05) is 20.1 Å². The molecule has 1 nitrogen and oxygen atoms in total. The summed E-state index contributed by atoms with van der Waals surface area (Å²) < 4.78 is 1.28. The van der Waals surface area contributed by atoms with Crippen LogP contribution in [-0.2, 0) is 0 Å². The Morgan fingerprint density at radius 1 is 1.00 bits per heavy atom.